The van der Waals surface area contributed by atoms with Gasteiger partial charge in [0.2, 0.25) is 0 Å². The van der Waals surface area contributed by atoms with Crippen molar-refractivity contribution in [2.75, 3.05) is 13.1 Å². The number of pyridine rings is 2. The predicted octanol–water partition coefficient (Wildman–Crippen LogP) is 4.74. The summed E-state index contributed by atoms with van der Waals surface area (Å²) < 4.78 is 2.30. The second-order valence-electron chi connectivity index (χ2n) is 8.65. The average Bonchev–Trinajstić information content (AvgIpc) is 3.11. The maximum atomic E-state index is 5.81. The van der Waals surface area contributed by atoms with Crippen LogP contribution in [-0.4, -0.2) is 32.5 Å². The van der Waals surface area contributed by atoms with E-state index in [1.54, 1.807) is 0 Å². The fourth-order valence-electron chi connectivity index (χ4n) is 5.26. The summed E-state index contributed by atoms with van der Waals surface area (Å²) in [6.45, 7) is 2.58. The van der Waals surface area contributed by atoms with Gasteiger partial charge in [-0.15, -0.1) is 0 Å². The molecule has 1 unspecified atom stereocenters. The van der Waals surface area contributed by atoms with Gasteiger partial charge in [0, 0.05) is 42.3 Å². The van der Waals surface area contributed by atoms with Crippen LogP contribution in [-0.2, 0) is 20.0 Å². The molecular weight excluding hydrogens is 382 g/mol. The smallest absolute Gasteiger partial charge is 0.0786 e. The number of unbranched alkanes of at least 4 members (excludes halogenated alkanes) is 1. The molecule has 4 aromatic rings. The number of aromatic nitrogens is 3. The molecule has 5 rings (SSSR count). The Hall–Kier alpha value is -2.76. The van der Waals surface area contributed by atoms with Crippen molar-refractivity contribution < 1.29 is 0 Å². The third kappa shape index (κ3) is 3.73. The Morgan fingerprint density at radius 1 is 1.03 bits per heavy atom. The highest BCUT2D eigenvalue weighted by molar-refractivity contribution is 6.08. The Morgan fingerprint density at radius 3 is 2.84 bits per heavy atom. The van der Waals surface area contributed by atoms with Crippen molar-refractivity contribution in [1.29, 1.82) is 0 Å². The number of hydrogen-bond acceptors (Lipinski definition) is 4. The minimum atomic E-state index is 0.342. The van der Waals surface area contributed by atoms with Crippen molar-refractivity contribution in [2.24, 2.45) is 12.8 Å². The zero-order chi connectivity index (χ0) is 21.2. The van der Waals surface area contributed by atoms with Gasteiger partial charge in [0.15, 0.2) is 0 Å². The van der Waals surface area contributed by atoms with E-state index in [-0.39, 0.29) is 0 Å². The van der Waals surface area contributed by atoms with Gasteiger partial charge in [-0.25, -0.2) is 0 Å². The third-order valence-corrected chi connectivity index (χ3v) is 6.75. The second-order valence-corrected chi connectivity index (χ2v) is 8.65. The van der Waals surface area contributed by atoms with Crippen LogP contribution in [0.1, 0.15) is 48.7 Å². The molecule has 2 N–H and O–H groups in total. The molecule has 3 aromatic heterocycles. The van der Waals surface area contributed by atoms with Crippen LogP contribution >= 0.6 is 0 Å². The maximum Gasteiger partial charge on any atom is 0.0786 e. The van der Waals surface area contributed by atoms with Crippen molar-refractivity contribution >= 4 is 21.8 Å². The minimum Gasteiger partial charge on any atom is -0.342 e. The molecule has 0 fully saturated rings. The van der Waals surface area contributed by atoms with E-state index in [0.717, 1.165) is 51.0 Å². The number of nitrogens with zero attached hydrogens (tertiary/aromatic N) is 4. The molecule has 0 saturated heterocycles. The molecule has 0 radical (unpaired) electrons. The van der Waals surface area contributed by atoms with Gasteiger partial charge in [0.1, 0.15) is 0 Å². The number of fused-ring (bicyclic) bond motifs is 4. The van der Waals surface area contributed by atoms with Crippen LogP contribution in [0.4, 0.5) is 0 Å². The Balaban J connectivity index is 1.55. The molecule has 1 aliphatic rings. The normalized spacial score (nSPS) is 16.3. The zero-order valence-corrected chi connectivity index (χ0v) is 18.3. The monoisotopic (exact) mass is 413 g/mol. The van der Waals surface area contributed by atoms with Crippen LogP contribution in [0.3, 0.4) is 0 Å². The largest absolute Gasteiger partial charge is 0.342 e. The summed E-state index contributed by atoms with van der Waals surface area (Å²) in [5.41, 5.74) is 12.1. The first-order valence-electron chi connectivity index (χ1n) is 11.5. The minimum absolute atomic E-state index is 0.342. The van der Waals surface area contributed by atoms with Crippen LogP contribution in [0.25, 0.3) is 21.8 Å². The Morgan fingerprint density at radius 2 is 1.94 bits per heavy atom. The number of nitrogens with two attached hydrogens (primary N) is 1. The fraction of sp³-hybridized carbons (Fsp3) is 0.385. The fourth-order valence-corrected chi connectivity index (χ4v) is 5.26. The third-order valence-electron chi connectivity index (χ3n) is 6.75. The topological polar surface area (TPSA) is 60.0 Å². The highest BCUT2D eigenvalue weighted by Gasteiger charge is 2.28. The van der Waals surface area contributed by atoms with Gasteiger partial charge in [-0.05, 0) is 69.0 Å². The van der Waals surface area contributed by atoms with E-state index in [0.29, 0.717) is 6.04 Å². The molecule has 0 aliphatic heterocycles. The number of hydrogen-bond donors (Lipinski definition) is 1. The van der Waals surface area contributed by atoms with E-state index in [4.69, 9.17) is 15.7 Å². The maximum absolute atomic E-state index is 5.81. The molecule has 3 heterocycles. The second kappa shape index (κ2) is 8.77. The molecule has 0 amide bonds. The average molecular weight is 414 g/mol. The SMILES string of the molecule is Cn1c2ccccc2c2ccnc(CN(CCCCN)C3CCCc4cccnc43)c21. The molecule has 0 spiro atoms. The van der Waals surface area contributed by atoms with E-state index in [2.05, 4.69) is 59.0 Å². The number of rotatable bonds is 7. The number of para-hydroxylation sites is 1. The first-order chi connectivity index (χ1) is 15.3. The Kier molecular flexibility index (Phi) is 5.70. The molecule has 5 heteroatoms. The molecule has 31 heavy (non-hydrogen) atoms. The van der Waals surface area contributed by atoms with Gasteiger partial charge >= 0.3 is 0 Å². The van der Waals surface area contributed by atoms with Gasteiger partial charge < -0.3 is 10.3 Å². The lowest BCUT2D eigenvalue weighted by Gasteiger charge is -2.35. The van der Waals surface area contributed by atoms with Crippen molar-refractivity contribution in [3.8, 4) is 0 Å². The quantitative estimate of drug-likeness (QED) is 0.445. The first kappa shape index (κ1) is 20.2. The van der Waals surface area contributed by atoms with Gasteiger partial charge in [-0.3, -0.25) is 14.9 Å². The van der Waals surface area contributed by atoms with Crippen molar-refractivity contribution in [3.63, 3.8) is 0 Å². The number of benzene rings is 1. The van der Waals surface area contributed by atoms with Crippen molar-refractivity contribution in [3.05, 3.63) is 71.8 Å². The summed E-state index contributed by atoms with van der Waals surface area (Å²) in [5, 5.41) is 2.58. The highest BCUT2D eigenvalue weighted by atomic mass is 15.2. The standard InChI is InChI=1S/C26H31N5/c1-30-23-11-3-2-10-20(23)21-13-16-28-22(26(21)30)18-31(17-5-4-14-27)24-12-6-8-19-9-7-15-29-25(19)24/h2-3,7,9-11,13,15-16,24H,4-6,8,12,14,17-18,27H2,1H3. The molecular formula is C26H31N5. The summed E-state index contributed by atoms with van der Waals surface area (Å²) in [7, 11) is 2.16. The van der Waals surface area contributed by atoms with E-state index >= 15 is 0 Å². The lowest BCUT2D eigenvalue weighted by molar-refractivity contribution is 0.161. The van der Waals surface area contributed by atoms with Gasteiger partial charge in [0.25, 0.3) is 0 Å². The van der Waals surface area contributed by atoms with Crippen LogP contribution in [0, 0.1) is 0 Å². The molecule has 0 bridgehead atoms. The van der Waals surface area contributed by atoms with Crippen LogP contribution in [0.2, 0.25) is 0 Å². The summed E-state index contributed by atoms with van der Waals surface area (Å²) in [4.78, 5) is 12.3. The van der Waals surface area contributed by atoms with Gasteiger partial charge in [0.05, 0.1) is 22.9 Å². The first-order valence-corrected chi connectivity index (χ1v) is 11.5. The molecule has 160 valence electrons. The summed E-state index contributed by atoms with van der Waals surface area (Å²) in [5.74, 6) is 0. The van der Waals surface area contributed by atoms with Crippen molar-refractivity contribution in [1.82, 2.24) is 19.4 Å². The van der Waals surface area contributed by atoms with Gasteiger partial charge in [-0.2, -0.15) is 0 Å². The highest BCUT2D eigenvalue weighted by Crippen LogP contribution is 2.35. The van der Waals surface area contributed by atoms with Gasteiger partial charge in [-0.1, -0.05) is 24.3 Å². The predicted molar refractivity (Wildman–Crippen MR) is 127 cm³/mol. The lowest BCUT2D eigenvalue weighted by atomic mass is 9.90. The Labute approximate surface area is 183 Å². The Bertz CT molecular complexity index is 1200. The van der Waals surface area contributed by atoms with E-state index in [1.165, 1.54) is 39.5 Å². The molecule has 5 nitrogen and oxygen atoms in total. The molecule has 1 atom stereocenters. The van der Waals surface area contributed by atoms with Crippen LogP contribution < -0.4 is 5.73 Å². The van der Waals surface area contributed by atoms with Crippen molar-refractivity contribution in [2.45, 2.75) is 44.7 Å². The van der Waals surface area contributed by atoms with E-state index in [9.17, 15) is 0 Å². The van der Waals surface area contributed by atoms with Crippen LogP contribution in [0.5, 0.6) is 0 Å². The molecule has 1 aromatic carbocycles. The van der Waals surface area contributed by atoms with Crippen LogP contribution in [0.15, 0.2) is 54.9 Å². The van der Waals surface area contributed by atoms with E-state index in [1.807, 2.05) is 12.4 Å². The lowest BCUT2D eigenvalue weighted by Crippen LogP contribution is -2.33. The summed E-state index contributed by atoms with van der Waals surface area (Å²) in [6.07, 6.45) is 9.55. The molecule has 1 aliphatic carbocycles. The summed E-state index contributed by atoms with van der Waals surface area (Å²) >= 11 is 0. The van der Waals surface area contributed by atoms with E-state index < -0.39 is 0 Å². The zero-order valence-electron chi connectivity index (χ0n) is 18.3. The number of aryl methyl sites for hydroxylation is 2. The summed E-state index contributed by atoms with van der Waals surface area (Å²) in [6, 6.07) is 15.4. The molecule has 0 saturated carbocycles.